The van der Waals surface area contributed by atoms with Gasteiger partial charge in [0.1, 0.15) is 12.4 Å². The molecule has 1 aromatic rings. The molecule has 0 spiro atoms. The monoisotopic (exact) mass is 209 g/mol. The molecular weight excluding hydrogens is 194 g/mol. The van der Waals surface area contributed by atoms with Crippen molar-refractivity contribution in [2.24, 2.45) is 0 Å². The fourth-order valence-electron chi connectivity index (χ4n) is 1.01. The molecule has 1 rings (SSSR count). The average molecular weight is 209 g/mol. The van der Waals surface area contributed by atoms with E-state index in [1.807, 2.05) is 13.8 Å². The lowest BCUT2D eigenvalue weighted by atomic mass is 10.2. The largest absolute Gasteiger partial charge is 0.495 e. The molecule has 0 N–H and O–H groups in total. The lowest BCUT2D eigenvalue weighted by Crippen LogP contribution is -2.13. The van der Waals surface area contributed by atoms with Crippen molar-refractivity contribution in [2.75, 3.05) is 13.7 Å². The minimum atomic E-state index is -0.0879. The maximum atomic E-state index is 11.6. The van der Waals surface area contributed by atoms with Crippen LogP contribution in [0.15, 0.2) is 18.5 Å². The summed E-state index contributed by atoms with van der Waals surface area (Å²) in [5.74, 6) is 0.487. The number of carbonyl (C=O) groups excluding carboxylic acids is 1. The van der Waals surface area contributed by atoms with Crippen LogP contribution in [0.3, 0.4) is 0 Å². The number of pyridine rings is 1. The Kier molecular flexibility index (Phi) is 4.24. The van der Waals surface area contributed by atoms with Gasteiger partial charge in [-0.2, -0.15) is 0 Å². The summed E-state index contributed by atoms with van der Waals surface area (Å²) in [6.45, 7) is 3.85. The molecule has 4 heteroatoms. The van der Waals surface area contributed by atoms with E-state index in [1.54, 1.807) is 12.3 Å². The number of hydrogen-bond acceptors (Lipinski definition) is 4. The van der Waals surface area contributed by atoms with Crippen LogP contribution in [0, 0.1) is 0 Å². The van der Waals surface area contributed by atoms with Gasteiger partial charge in [0.15, 0.2) is 5.78 Å². The lowest BCUT2D eigenvalue weighted by Gasteiger charge is -2.06. The number of nitrogens with zero attached hydrogens (tertiary/aromatic N) is 1. The summed E-state index contributed by atoms with van der Waals surface area (Å²) in [6.07, 6.45) is 3.11. The maximum absolute atomic E-state index is 11.6. The fourth-order valence-corrected chi connectivity index (χ4v) is 1.01. The Morgan fingerprint density at radius 1 is 1.47 bits per heavy atom. The van der Waals surface area contributed by atoms with Crippen molar-refractivity contribution in [2.45, 2.75) is 20.0 Å². The number of ether oxygens (including phenoxy) is 2. The first-order valence-electron chi connectivity index (χ1n) is 4.77. The molecule has 0 fully saturated rings. The van der Waals surface area contributed by atoms with Gasteiger partial charge in [0.05, 0.1) is 19.4 Å². The first kappa shape index (κ1) is 11.7. The zero-order valence-corrected chi connectivity index (χ0v) is 9.19. The summed E-state index contributed by atoms with van der Waals surface area (Å²) in [5.41, 5.74) is 0.509. The summed E-state index contributed by atoms with van der Waals surface area (Å²) in [4.78, 5) is 15.5. The van der Waals surface area contributed by atoms with Crippen LogP contribution in [0.1, 0.15) is 24.2 Å². The predicted octanol–water partition coefficient (Wildman–Crippen LogP) is 1.70. The quantitative estimate of drug-likeness (QED) is 0.692. The molecular formula is C11H15NO3. The van der Waals surface area contributed by atoms with Crippen LogP contribution in [0.2, 0.25) is 0 Å². The summed E-state index contributed by atoms with van der Waals surface area (Å²) in [6, 6.07) is 1.65. The van der Waals surface area contributed by atoms with Crippen LogP contribution in [0.5, 0.6) is 5.75 Å². The second kappa shape index (κ2) is 5.46. The molecule has 1 aromatic heterocycles. The summed E-state index contributed by atoms with van der Waals surface area (Å²) >= 11 is 0. The number of methoxy groups -OCH3 is 1. The number of Topliss-reactive ketones (excluding diaryl/α,β-unsaturated/α-hetero) is 1. The van der Waals surface area contributed by atoms with Crippen LogP contribution < -0.4 is 4.74 Å². The number of ketones is 1. The van der Waals surface area contributed by atoms with Crippen LogP contribution >= 0.6 is 0 Å². The van der Waals surface area contributed by atoms with Crippen molar-refractivity contribution in [3.8, 4) is 5.75 Å². The molecule has 0 amide bonds. The number of carbonyl (C=O) groups is 1. The fraction of sp³-hybridized carbons (Fsp3) is 0.455. The zero-order chi connectivity index (χ0) is 11.3. The number of aromatic nitrogens is 1. The van der Waals surface area contributed by atoms with Crippen LogP contribution in [0.25, 0.3) is 0 Å². The molecule has 0 atom stereocenters. The van der Waals surface area contributed by atoms with Gasteiger partial charge in [-0.1, -0.05) is 0 Å². The normalized spacial score (nSPS) is 10.4. The van der Waals surface area contributed by atoms with E-state index >= 15 is 0 Å². The molecule has 0 aliphatic heterocycles. The van der Waals surface area contributed by atoms with E-state index in [4.69, 9.17) is 9.47 Å². The third-order valence-electron chi connectivity index (χ3n) is 1.82. The number of rotatable bonds is 5. The van der Waals surface area contributed by atoms with Gasteiger partial charge in [-0.3, -0.25) is 9.78 Å². The second-order valence-corrected chi connectivity index (χ2v) is 3.40. The lowest BCUT2D eigenvalue weighted by molar-refractivity contribution is 0.0584. The van der Waals surface area contributed by atoms with E-state index in [2.05, 4.69) is 4.98 Å². The molecule has 0 saturated heterocycles. The van der Waals surface area contributed by atoms with Gasteiger partial charge in [-0.05, 0) is 19.9 Å². The Labute approximate surface area is 89.2 Å². The highest BCUT2D eigenvalue weighted by atomic mass is 16.5. The van der Waals surface area contributed by atoms with Gasteiger partial charge < -0.3 is 9.47 Å². The van der Waals surface area contributed by atoms with Gasteiger partial charge in [-0.25, -0.2) is 0 Å². The van der Waals surface area contributed by atoms with Crippen molar-refractivity contribution in [3.63, 3.8) is 0 Å². The molecule has 82 valence electrons. The SMILES string of the molecule is COc1cncc(C(=O)COC(C)C)c1. The Bertz CT molecular complexity index is 336. The summed E-state index contributed by atoms with van der Waals surface area (Å²) < 4.78 is 10.2. The molecule has 4 nitrogen and oxygen atoms in total. The Morgan fingerprint density at radius 3 is 2.80 bits per heavy atom. The molecule has 0 saturated carbocycles. The first-order chi connectivity index (χ1) is 7.13. The van der Waals surface area contributed by atoms with Crippen LogP contribution in [-0.2, 0) is 4.74 Å². The zero-order valence-electron chi connectivity index (χ0n) is 9.19. The highest BCUT2D eigenvalue weighted by molar-refractivity contribution is 5.97. The highest BCUT2D eigenvalue weighted by Crippen LogP contribution is 2.10. The Morgan fingerprint density at radius 2 is 2.20 bits per heavy atom. The topological polar surface area (TPSA) is 48.4 Å². The predicted molar refractivity (Wildman–Crippen MR) is 56.2 cm³/mol. The summed E-state index contributed by atoms with van der Waals surface area (Å²) in [7, 11) is 1.54. The maximum Gasteiger partial charge on any atom is 0.190 e. The minimum Gasteiger partial charge on any atom is -0.495 e. The molecule has 0 aromatic carbocycles. The highest BCUT2D eigenvalue weighted by Gasteiger charge is 2.08. The van der Waals surface area contributed by atoms with Gasteiger partial charge in [-0.15, -0.1) is 0 Å². The third kappa shape index (κ3) is 3.67. The first-order valence-corrected chi connectivity index (χ1v) is 4.77. The Balaban J connectivity index is 2.65. The molecule has 0 bridgehead atoms. The van der Waals surface area contributed by atoms with Crippen molar-refractivity contribution in [3.05, 3.63) is 24.0 Å². The van der Waals surface area contributed by atoms with Gasteiger partial charge in [0.25, 0.3) is 0 Å². The molecule has 0 aliphatic carbocycles. The average Bonchev–Trinajstić information content (AvgIpc) is 2.26. The molecule has 15 heavy (non-hydrogen) atoms. The molecule has 0 aliphatic rings. The molecule has 0 unspecified atom stereocenters. The number of hydrogen-bond donors (Lipinski definition) is 0. The van der Waals surface area contributed by atoms with E-state index in [-0.39, 0.29) is 18.5 Å². The van der Waals surface area contributed by atoms with E-state index in [1.165, 1.54) is 13.3 Å². The van der Waals surface area contributed by atoms with E-state index in [0.29, 0.717) is 11.3 Å². The van der Waals surface area contributed by atoms with Crippen molar-refractivity contribution < 1.29 is 14.3 Å². The van der Waals surface area contributed by atoms with Crippen molar-refractivity contribution >= 4 is 5.78 Å². The van der Waals surface area contributed by atoms with Gasteiger partial charge >= 0.3 is 0 Å². The van der Waals surface area contributed by atoms with E-state index in [9.17, 15) is 4.79 Å². The van der Waals surface area contributed by atoms with E-state index in [0.717, 1.165) is 0 Å². The van der Waals surface area contributed by atoms with Crippen molar-refractivity contribution in [1.82, 2.24) is 4.98 Å². The Hall–Kier alpha value is -1.42. The minimum absolute atomic E-state index is 0.0486. The second-order valence-electron chi connectivity index (χ2n) is 3.40. The van der Waals surface area contributed by atoms with Crippen LogP contribution in [0.4, 0.5) is 0 Å². The van der Waals surface area contributed by atoms with Crippen molar-refractivity contribution in [1.29, 1.82) is 0 Å². The third-order valence-corrected chi connectivity index (χ3v) is 1.82. The molecule has 1 heterocycles. The summed E-state index contributed by atoms with van der Waals surface area (Å²) in [5, 5.41) is 0. The smallest absolute Gasteiger partial charge is 0.190 e. The van der Waals surface area contributed by atoms with E-state index < -0.39 is 0 Å². The van der Waals surface area contributed by atoms with Gasteiger partial charge in [0, 0.05) is 11.8 Å². The molecule has 0 radical (unpaired) electrons. The van der Waals surface area contributed by atoms with Gasteiger partial charge in [0.2, 0.25) is 0 Å². The van der Waals surface area contributed by atoms with Crippen LogP contribution in [-0.4, -0.2) is 30.6 Å². The standard InChI is InChI=1S/C11H15NO3/c1-8(2)15-7-11(13)9-4-10(14-3)6-12-5-9/h4-6,8H,7H2,1-3H3.